The summed E-state index contributed by atoms with van der Waals surface area (Å²) in [6, 6.07) is 13.1. The number of nitrogens with two attached hydrogens (primary N) is 1. The number of aryl methyl sites for hydroxylation is 2. The van der Waals surface area contributed by atoms with Gasteiger partial charge in [0.1, 0.15) is 0 Å². The molecule has 1 aromatic carbocycles. The van der Waals surface area contributed by atoms with E-state index in [9.17, 15) is 0 Å². The molecule has 1 aliphatic carbocycles. The Balaban J connectivity index is 1.97. The van der Waals surface area contributed by atoms with Crippen molar-refractivity contribution in [3.8, 4) is 0 Å². The van der Waals surface area contributed by atoms with Gasteiger partial charge in [-0.2, -0.15) is 0 Å². The van der Waals surface area contributed by atoms with Gasteiger partial charge in [-0.1, -0.05) is 24.3 Å². The van der Waals surface area contributed by atoms with Gasteiger partial charge in [-0.3, -0.25) is 0 Å². The first-order valence-corrected chi connectivity index (χ1v) is 6.92. The fourth-order valence-corrected chi connectivity index (χ4v) is 3.67. The van der Waals surface area contributed by atoms with Crippen LogP contribution in [0.3, 0.4) is 0 Å². The molecule has 0 aliphatic heterocycles. The summed E-state index contributed by atoms with van der Waals surface area (Å²) >= 11 is 1.84. The third-order valence-corrected chi connectivity index (χ3v) is 4.92. The Labute approximate surface area is 106 Å². The van der Waals surface area contributed by atoms with E-state index in [0.717, 1.165) is 19.3 Å². The first-order valence-electron chi connectivity index (χ1n) is 6.10. The zero-order valence-corrected chi connectivity index (χ0v) is 10.9. The van der Waals surface area contributed by atoms with Crippen molar-refractivity contribution < 1.29 is 0 Å². The second kappa shape index (κ2) is 3.97. The van der Waals surface area contributed by atoms with Gasteiger partial charge in [-0.05, 0) is 49.4 Å². The minimum absolute atomic E-state index is 0.146. The molecule has 0 amide bonds. The van der Waals surface area contributed by atoms with E-state index in [1.165, 1.54) is 20.9 Å². The summed E-state index contributed by atoms with van der Waals surface area (Å²) in [5.74, 6) is 0. The van der Waals surface area contributed by atoms with E-state index >= 15 is 0 Å². The van der Waals surface area contributed by atoms with E-state index in [2.05, 4.69) is 43.3 Å². The largest absolute Gasteiger partial charge is 0.320 e. The average Bonchev–Trinajstić information content (AvgIpc) is 2.76. The number of fused-ring (bicyclic) bond motifs is 1. The lowest BCUT2D eigenvalue weighted by Crippen LogP contribution is -2.41. The van der Waals surface area contributed by atoms with Crippen LogP contribution in [0, 0.1) is 6.92 Å². The van der Waals surface area contributed by atoms with Gasteiger partial charge >= 0.3 is 0 Å². The Bertz CT molecular complexity index is 543. The Hall–Kier alpha value is -1.12. The third kappa shape index (κ3) is 1.92. The van der Waals surface area contributed by atoms with E-state index in [1.54, 1.807) is 0 Å². The lowest BCUT2D eigenvalue weighted by Gasteiger charge is -2.34. The van der Waals surface area contributed by atoms with Gasteiger partial charge in [0, 0.05) is 9.75 Å². The topological polar surface area (TPSA) is 26.0 Å². The van der Waals surface area contributed by atoms with Crippen LogP contribution < -0.4 is 5.73 Å². The second-order valence-electron chi connectivity index (χ2n) is 5.01. The molecule has 1 unspecified atom stereocenters. The van der Waals surface area contributed by atoms with Gasteiger partial charge < -0.3 is 5.73 Å². The predicted octanol–water partition coefficient (Wildman–Crippen LogP) is 3.40. The maximum Gasteiger partial charge on any atom is 0.0547 e. The van der Waals surface area contributed by atoms with Gasteiger partial charge in [0.25, 0.3) is 0 Å². The molecule has 1 heterocycles. The molecule has 1 nitrogen and oxygen atoms in total. The van der Waals surface area contributed by atoms with E-state index in [-0.39, 0.29) is 5.54 Å². The Morgan fingerprint density at radius 1 is 1.12 bits per heavy atom. The van der Waals surface area contributed by atoms with Crippen molar-refractivity contribution in [1.29, 1.82) is 0 Å². The average molecular weight is 243 g/mol. The molecule has 0 saturated carbocycles. The van der Waals surface area contributed by atoms with Crippen molar-refractivity contribution in [1.82, 2.24) is 0 Å². The van der Waals surface area contributed by atoms with Crippen LogP contribution in [-0.2, 0) is 18.4 Å². The first-order chi connectivity index (χ1) is 8.17. The summed E-state index contributed by atoms with van der Waals surface area (Å²) in [5, 5.41) is 0. The van der Waals surface area contributed by atoms with Crippen LogP contribution in [0.15, 0.2) is 36.4 Å². The maximum atomic E-state index is 6.62. The lowest BCUT2D eigenvalue weighted by molar-refractivity contribution is 0.393. The predicted molar refractivity (Wildman–Crippen MR) is 73.4 cm³/mol. The number of rotatable bonds is 1. The Morgan fingerprint density at radius 3 is 2.59 bits per heavy atom. The number of benzene rings is 1. The highest BCUT2D eigenvalue weighted by Gasteiger charge is 2.33. The van der Waals surface area contributed by atoms with Gasteiger partial charge in [0.05, 0.1) is 5.54 Å². The first kappa shape index (κ1) is 11.0. The van der Waals surface area contributed by atoms with E-state index in [1.807, 2.05) is 11.3 Å². The third-order valence-electron chi connectivity index (χ3n) is 3.70. The van der Waals surface area contributed by atoms with Crippen LogP contribution in [-0.4, -0.2) is 0 Å². The summed E-state index contributed by atoms with van der Waals surface area (Å²) in [5.41, 5.74) is 9.37. The second-order valence-corrected chi connectivity index (χ2v) is 6.30. The summed E-state index contributed by atoms with van der Waals surface area (Å²) < 4.78 is 0. The molecule has 0 radical (unpaired) electrons. The van der Waals surface area contributed by atoms with Gasteiger partial charge in [0.15, 0.2) is 0 Å². The molecule has 17 heavy (non-hydrogen) atoms. The van der Waals surface area contributed by atoms with Crippen molar-refractivity contribution in [2.75, 3.05) is 0 Å². The SMILES string of the molecule is Cc1ccc(C2(N)CCc3ccccc3C2)s1. The highest BCUT2D eigenvalue weighted by atomic mass is 32.1. The van der Waals surface area contributed by atoms with Crippen molar-refractivity contribution >= 4 is 11.3 Å². The van der Waals surface area contributed by atoms with Crippen LogP contribution in [0.1, 0.15) is 27.3 Å². The summed E-state index contributed by atoms with van der Waals surface area (Å²) in [6.45, 7) is 2.15. The summed E-state index contributed by atoms with van der Waals surface area (Å²) in [6.07, 6.45) is 3.14. The van der Waals surface area contributed by atoms with Crippen molar-refractivity contribution in [3.05, 3.63) is 57.3 Å². The summed E-state index contributed by atoms with van der Waals surface area (Å²) in [4.78, 5) is 2.69. The van der Waals surface area contributed by atoms with E-state index < -0.39 is 0 Å². The zero-order chi connectivity index (χ0) is 11.9. The standard InChI is InChI=1S/C15H17NS/c1-11-6-7-14(17-11)15(16)9-8-12-4-2-3-5-13(12)10-15/h2-7H,8-10,16H2,1H3. The molecule has 2 aromatic rings. The Morgan fingerprint density at radius 2 is 1.88 bits per heavy atom. The highest BCUT2D eigenvalue weighted by molar-refractivity contribution is 7.12. The van der Waals surface area contributed by atoms with Crippen LogP contribution >= 0.6 is 11.3 Å². The maximum absolute atomic E-state index is 6.62. The van der Waals surface area contributed by atoms with Crippen molar-refractivity contribution in [3.63, 3.8) is 0 Å². The van der Waals surface area contributed by atoms with Crippen molar-refractivity contribution in [2.45, 2.75) is 31.7 Å². The highest BCUT2D eigenvalue weighted by Crippen LogP contribution is 2.37. The molecule has 0 bridgehead atoms. The van der Waals surface area contributed by atoms with E-state index in [4.69, 9.17) is 5.73 Å². The van der Waals surface area contributed by atoms with Crippen LogP contribution in [0.2, 0.25) is 0 Å². The molecule has 0 fully saturated rings. The molecular weight excluding hydrogens is 226 g/mol. The fraction of sp³-hybridized carbons (Fsp3) is 0.333. The van der Waals surface area contributed by atoms with Crippen LogP contribution in [0.4, 0.5) is 0 Å². The number of hydrogen-bond acceptors (Lipinski definition) is 2. The zero-order valence-electron chi connectivity index (χ0n) is 10.1. The smallest absolute Gasteiger partial charge is 0.0547 e. The molecule has 0 spiro atoms. The fourth-order valence-electron chi connectivity index (χ4n) is 2.67. The van der Waals surface area contributed by atoms with Crippen LogP contribution in [0.25, 0.3) is 0 Å². The van der Waals surface area contributed by atoms with Gasteiger partial charge in [-0.25, -0.2) is 0 Å². The monoisotopic (exact) mass is 243 g/mol. The number of hydrogen-bond donors (Lipinski definition) is 1. The minimum Gasteiger partial charge on any atom is -0.320 e. The van der Waals surface area contributed by atoms with E-state index in [0.29, 0.717) is 0 Å². The molecule has 1 atom stereocenters. The number of thiophene rings is 1. The normalized spacial score (nSPS) is 23.4. The minimum atomic E-state index is -0.146. The molecule has 2 N–H and O–H groups in total. The Kier molecular flexibility index (Phi) is 2.57. The summed E-state index contributed by atoms with van der Waals surface area (Å²) in [7, 11) is 0. The molecule has 1 aliphatic rings. The van der Waals surface area contributed by atoms with Gasteiger partial charge in [-0.15, -0.1) is 11.3 Å². The molecule has 3 rings (SSSR count). The lowest BCUT2D eigenvalue weighted by atomic mass is 9.78. The molecule has 1 aromatic heterocycles. The molecule has 2 heteroatoms. The van der Waals surface area contributed by atoms with Crippen molar-refractivity contribution in [2.24, 2.45) is 5.73 Å². The quantitative estimate of drug-likeness (QED) is 0.816. The molecule has 0 saturated heterocycles. The van der Waals surface area contributed by atoms with Crippen LogP contribution in [0.5, 0.6) is 0 Å². The molecule has 88 valence electrons. The molecular formula is C15H17NS. The van der Waals surface area contributed by atoms with Gasteiger partial charge in [0.2, 0.25) is 0 Å².